The second kappa shape index (κ2) is 7.85. The zero-order valence-electron chi connectivity index (χ0n) is 11.4. The van der Waals surface area contributed by atoms with E-state index in [1.807, 2.05) is 6.07 Å². The predicted octanol–water partition coefficient (Wildman–Crippen LogP) is 3.08. The van der Waals surface area contributed by atoms with Crippen LogP contribution in [0.5, 0.6) is 11.5 Å². The lowest BCUT2D eigenvalue weighted by molar-refractivity contribution is 0.0624. The van der Waals surface area contributed by atoms with E-state index in [4.69, 9.17) is 37.9 Å². The summed E-state index contributed by atoms with van der Waals surface area (Å²) in [4.78, 5) is 3.86. The van der Waals surface area contributed by atoms with Gasteiger partial charge >= 0.3 is 0 Å². The molecule has 2 rings (SSSR count). The Kier molecular flexibility index (Phi) is 5.84. The topological polar surface area (TPSA) is 75.4 Å². The molecule has 0 spiro atoms. The summed E-state index contributed by atoms with van der Waals surface area (Å²) in [6.45, 7) is -0.0465. The molecule has 0 aliphatic carbocycles. The van der Waals surface area contributed by atoms with Gasteiger partial charge in [-0.1, -0.05) is 23.2 Å². The Labute approximate surface area is 137 Å². The van der Waals surface area contributed by atoms with Gasteiger partial charge in [-0.3, -0.25) is 0 Å². The molecule has 1 N–H and O–H groups in total. The minimum atomic E-state index is -0.890. The summed E-state index contributed by atoms with van der Waals surface area (Å²) in [5.74, 6) is 0.734. The highest BCUT2D eigenvalue weighted by Crippen LogP contribution is 2.27. The van der Waals surface area contributed by atoms with Crippen molar-refractivity contribution in [3.05, 3.63) is 52.3 Å². The van der Waals surface area contributed by atoms with E-state index < -0.39 is 6.10 Å². The molecule has 0 amide bonds. The molecule has 0 aliphatic heterocycles. The molecular formula is C15H12Cl2N2O3. The Morgan fingerprint density at radius 1 is 1.18 bits per heavy atom. The molecule has 0 fully saturated rings. The van der Waals surface area contributed by atoms with Crippen LogP contribution in [0.25, 0.3) is 0 Å². The molecule has 22 heavy (non-hydrogen) atoms. The van der Waals surface area contributed by atoms with Crippen LogP contribution in [-0.2, 0) is 0 Å². The van der Waals surface area contributed by atoms with Crippen LogP contribution in [0.4, 0.5) is 0 Å². The lowest BCUT2D eigenvalue weighted by Crippen LogP contribution is -2.25. The molecule has 0 aliphatic rings. The average molecular weight is 339 g/mol. The van der Waals surface area contributed by atoms with Gasteiger partial charge in [0.25, 0.3) is 0 Å². The van der Waals surface area contributed by atoms with E-state index in [-0.39, 0.29) is 18.9 Å². The van der Waals surface area contributed by atoms with Crippen molar-refractivity contribution in [3.8, 4) is 17.6 Å². The van der Waals surface area contributed by atoms with Gasteiger partial charge in [0, 0.05) is 11.2 Å². The number of ether oxygens (including phenoxy) is 2. The van der Waals surface area contributed by atoms with Crippen molar-refractivity contribution < 1.29 is 14.6 Å². The maximum absolute atomic E-state index is 9.86. The first-order valence-electron chi connectivity index (χ1n) is 6.34. The Morgan fingerprint density at radius 2 is 1.91 bits per heavy atom. The summed E-state index contributed by atoms with van der Waals surface area (Å²) in [6, 6.07) is 9.97. The van der Waals surface area contributed by atoms with Gasteiger partial charge in [0.1, 0.15) is 31.1 Å². The molecule has 114 valence electrons. The third-order valence-corrected chi connectivity index (χ3v) is 3.16. The monoisotopic (exact) mass is 338 g/mol. The fourth-order valence-corrected chi connectivity index (χ4v) is 2.07. The Balaban J connectivity index is 1.86. The van der Waals surface area contributed by atoms with Gasteiger partial charge in [-0.15, -0.1) is 0 Å². The fourth-order valence-electron chi connectivity index (χ4n) is 1.60. The van der Waals surface area contributed by atoms with Crippen LogP contribution in [0.1, 0.15) is 5.69 Å². The summed E-state index contributed by atoms with van der Waals surface area (Å²) in [5, 5.41) is 19.6. The Morgan fingerprint density at radius 3 is 2.59 bits per heavy atom. The van der Waals surface area contributed by atoms with Crippen LogP contribution in [0.2, 0.25) is 10.0 Å². The lowest BCUT2D eigenvalue weighted by Gasteiger charge is -2.14. The smallest absolute Gasteiger partial charge is 0.182 e. The third-order valence-electron chi connectivity index (χ3n) is 2.63. The number of aromatic nitrogens is 1. The summed E-state index contributed by atoms with van der Waals surface area (Å²) in [6.07, 6.45) is 0.603. The molecule has 1 unspecified atom stereocenters. The SMILES string of the molecule is N#Cc1ncccc1OCC(O)COc1ccc(Cl)cc1Cl. The number of hydrogen-bond donors (Lipinski definition) is 1. The van der Waals surface area contributed by atoms with Gasteiger partial charge in [0.15, 0.2) is 11.4 Å². The standard InChI is InChI=1S/C15H12Cl2N2O3/c16-10-3-4-14(12(17)6-10)21-8-11(20)9-22-15-2-1-5-19-13(15)7-18/h1-6,11,20H,8-9H2. The highest BCUT2D eigenvalue weighted by Gasteiger charge is 2.11. The molecular weight excluding hydrogens is 327 g/mol. The van der Waals surface area contributed by atoms with Gasteiger partial charge in [-0.05, 0) is 30.3 Å². The van der Waals surface area contributed by atoms with Crippen molar-refractivity contribution >= 4 is 23.2 Å². The van der Waals surface area contributed by atoms with Gasteiger partial charge < -0.3 is 14.6 Å². The minimum absolute atomic E-state index is 0.0104. The molecule has 1 aromatic heterocycles. The van der Waals surface area contributed by atoms with Crippen molar-refractivity contribution in [1.29, 1.82) is 5.26 Å². The summed E-state index contributed by atoms with van der Waals surface area (Å²) in [7, 11) is 0. The van der Waals surface area contributed by atoms with Crippen molar-refractivity contribution in [2.24, 2.45) is 0 Å². The van der Waals surface area contributed by atoms with Crippen LogP contribution in [0.3, 0.4) is 0 Å². The molecule has 7 heteroatoms. The van der Waals surface area contributed by atoms with Gasteiger partial charge in [0.2, 0.25) is 0 Å². The highest BCUT2D eigenvalue weighted by molar-refractivity contribution is 6.35. The molecule has 2 aromatic rings. The number of aliphatic hydroxyl groups excluding tert-OH is 1. The van der Waals surface area contributed by atoms with E-state index in [1.165, 1.54) is 6.20 Å². The number of halogens is 2. The second-order valence-electron chi connectivity index (χ2n) is 4.31. The Hall–Kier alpha value is -2.00. The van der Waals surface area contributed by atoms with Crippen LogP contribution in [0.15, 0.2) is 36.5 Å². The summed E-state index contributed by atoms with van der Waals surface area (Å²) >= 11 is 11.7. The molecule has 0 saturated carbocycles. The number of hydrogen-bond acceptors (Lipinski definition) is 5. The quantitative estimate of drug-likeness (QED) is 0.875. The van der Waals surface area contributed by atoms with Crippen LogP contribution in [0, 0.1) is 11.3 Å². The van der Waals surface area contributed by atoms with E-state index >= 15 is 0 Å². The van der Waals surface area contributed by atoms with Crippen molar-refractivity contribution in [1.82, 2.24) is 4.98 Å². The van der Waals surface area contributed by atoms with Crippen molar-refractivity contribution in [2.45, 2.75) is 6.10 Å². The number of benzene rings is 1. The Bertz CT molecular complexity index is 689. The van der Waals surface area contributed by atoms with E-state index in [0.717, 1.165) is 0 Å². The van der Waals surface area contributed by atoms with Gasteiger partial charge in [-0.2, -0.15) is 5.26 Å². The number of aliphatic hydroxyl groups is 1. The normalized spacial score (nSPS) is 11.5. The molecule has 1 atom stereocenters. The maximum atomic E-state index is 9.86. The second-order valence-corrected chi connectivity index (χ2v) is 5.16. The van der Waals surface area contributed by atoms with E-state index in [2.05, 4.69) is 4.98 Å². The number of pyridine rings is 1. The largest absolute Gasteiger partial charge is 0.489 e. The van der Waals surface area contributed by atoms with Gasteiger partial charge in [0.05, 0.1) is 5.02 Å². The van der Waals surface area contributed by atoms with Crippen molar-refractivity contribution in [3.63, 3.8) is 0 Å². The average Bonchev–Trinajstić information content (AvgIpc) is 2.52. The van der Waals surface area contributed by atoms with Crippen LogP contribution in [-0.4, -0.2) is 29.4 Å². The predicted molar refractivity (Wildman–Crippen MR) is 82.4 cm³/mol. The fraction of sp³-hybridized carbons (Fsp3) is 0.200. The molecule has 1 heterocycles. The first-order valence-corrected chi connectivity index (χ1v) is 7.09. The maximum Gasteiger partial charge on any atom is 0.182 e. The van der Waals surface area contributed by atoms with E-state index in [9.17, 15) is 5.11 Å². The van der Waals surface area contributed by atoms with Gasteiger partial charge in [-0.25, -0.2) is 4.98 Å². The summed E-state index contributed by atoms with van der Waals surface area (Å²) < 4.78 is 10.8. The first kappa shape index (κ1) is 16.4. The zero-order valence-corrected chi connectivity index (χ0v) is 12.9. The summed E-state index contributed by atoms with van der Waals surface area (Å²) in [5.41, 5.74) is 0.163. The zero-order chi connectivity index (χ0) is 15.9. The number of rotatable bonds is 6. The highest BCUT2D eigenvalue weighted by atomic mass is 35.5. The minimum Gasteiger partial charge on any atom is -0.489 e. The molecule has 5 nitrogen and oxygen atoms in total. The molecule has 0 bridgehead atoms. The number of nitriles is 1. The molecule has 0 radical (unpaired) electrons. The number of nitrogens with zero attached hydrogens (tertiary/aromatic N) is 2. The van der Waals surface area contributed by atoms with E-state index in [0.29, 0.717) is 21.5 Å². The first-order chi connectivity index (χ1) is 10.6. The van der Waals surface area contributed by atoms with E-state index in [1.54, 1.807) is 30.3 Å². The lowest BCUT2D eigenvalue weighted by atomic mass is 10.3. The molecule has 0 saturated heterocycles. The van der Waals surface area contributed by atoms with Crippen LogP contribution < -0.4 is 9.47 Å². The third kappa shape index (κ3) is 4.50. The molecule has 1 aromatic carbocycles. The van der Waals surface area contributed by atoms with Crippen molar-refractivity contribution in [2.75, 3.05) is 13.2 Å². The van der Waals surface area contributed by atoms with Crippen LogP contribution >= 0.6 is 23.2 Å².